The number of hydrogen-bond acceptors (Lipinski definition) is 2. The summed E-state index contributed by atoms with van der Waals surface area (Å²) in [6.45, 7) is 15.0. The summed E-state index contributed by atoms with van der Waals surface area (Å²) in [4.78, 5) is 2.30. The van der Waals surface area contributed by atoms with Crippen LogP contribution in [0.15, 0.2) is 0 Å². The minimum atomic E-state index is -0.208. The highest BCUT2D eigenvalue weighted by Gasteiger charge is 2.22. The summed E-state index contributed by atoms with van der Waals surface area (Å²) >= 11 is 0. The monoisotopic (exact) mass is 215 g/mol. The fourth-order valence-electron chi connectivity index (χ4n) is 1.66. The molecule has 0 aliphatic rings. The maximum absolute atomic E-state index is 9.91. The van der Waals surface area contributed by atoms with E-state index in [0.29, 0.717) is 5.41 Å². The van der Waals surface area contributed by atoms with Crippen molar-refractivity contribution < 1.29 is 5.11 Å². The van der Waals surface area contributed by atoms with Gasteiger partial charge in [-0.1, -0.05) is 41.5 Å². The maximum atomic E-state index is 9.91. The SMILES string of the molecule is CN(CCC(O)C(C)(C)C)CC(C)(C)C. The predicted molar refractivity (Wildman–Crippen MR) is 67.0 cm³/mol. The van der Waals surface area contributed by atoms with Crippen LogP contribution >= 0.6 is 0 Å². The second-order valence-corrected chi connectivity index (χ2v) is 6.97. The van der Waals surface area contributed by atoms with Crippen molar-refractivity contribution in [1.82, 2.24) is 4.90 Å². The summed E-state index contributed by atoms with van der Waals surface area (Å²) in [7, 11) is 2.13. The molecule has 0 aliphatic carbocycles. The zero-order chi connectivity index (χ0) is 12.3. The molecule has 2 heteroatoms. The Balaban J connectivity index is 3.87. The summed E-state index contributed by atoms with van der Waals surface area (Å²) in [5.74, 6) is 0. The van der Waals surface area contributed by atoms with Crippen molar-refractivity contribution >= 4 is 0 Å². The summed E-state index contributed by atoms with van der Waals surface area (Å²) < 4.78 is 0. The third-order valence-electron chi connectivity index (χ3n) is 2.53. The second-order valence-electron chi connectivity index (χ2n) is 6.97. The molecule has 1 unspecified atom stereocenters. The van der Waals surface area contributed by atoms with E-state index in [0.717, 1.165) is 19.5 Å². The van der Waals surface area contributed by atoms with E-state index < -0.39 is 0 Å². The molecule has 0 heterocycles. The first-order chi connectivity index (χ1) is 6.52. The number of hydrogen-bond donors (Lipinski definition) is 1. The summed E-state index contributed by atoms with van der Waals surface area (Å²) in [6, 6.07) is 0. The summed E-state index contributed by atoms with van der Waals surface area (Å²) in [5.41, 5.74) is 0.337. The van der Waals surface area contributed by atoms with Gasteiger partial charge < -0.3 is 10.0 Å². The van der Waals surface area contributed by atoms with Crippen molar-refractivity contribution in [3.8, 4) is 0 Å². The van der Waals surface area contributed by atoms with Crippen LogP contribution < -0.4 is 0 Å². The van der Waals surface area contributed by atoms with Crippen molar-refractivity contribution in [3.63, 3.8) is 0 Å². The van der Waals surface area contributed by atoms with Crippen LogP contribution in [0.4, 0.5) is 0 Å². The summed E-state index contributed by atoms with van der Waals surface area (Å²) in [6.07, 6.45) is 0.649. The summed E-state index contributed by atoms with van der Waals surface area (Å²) in [5, 5.41) is 9.91. The molecule has 0 spiro atoms. The van der Waals surface area contributed by atoms with Crippen LogP contribution in [-0.4, -0.2) is 36.2 Å². The molecular weight excluding hydrogens is 186 g/mol. The lowest BCUT2D eigenvalue weighted by atomic mass is 9.87. The van der Waals surface area contributed by atoms with Gasteiger partial charge >= 0.3 is 0 Å². The Labute approximate surface area is 95.7 Å². The van der Waals surface area contributed by atoms with E-state index in [2.05, 4.69) is 53.5 Å². The molecule has 92 valence electrons. The molecule has 1 N–H and O–H groups in total. The van der Waals surface area contributed by atoms with Gasteiger partial charge in [0.2, 0.25) is 0 Å². The van der Waals surface area contributed by atoms with Gasteiger partial charge in [0.15, 0.2) is 0 Å². The number of nitrogens with zero attached hydrogens (tertiary/aromatic N) is 1. The molecule has 0 aromatic heterocycles. The van der Waals surface area contributed by atoms with Gasteiger partial charge in [-0.25, -0.2) is 0 Å². The molecule has 0 rings (SSSR count). The third kappa shape index (κ3) is 7.80. The van der Waals surface area contributed by atoms with Crippen LogP contribution in [0.25, 0.3) is 0 Å². The fraction of sp³-hybridized carbons (Fsp3) is 1.00. The van der Waals surface area contributed by atoms with Crippen LogP contribution in [0.3, 0.4) is 0 Å². The van der Waals surface area contributed by atoms with Gasteiger partial charge in [0, 0.05) is 13.1 Å². The molecule has 0 bridgehead atoms. The average Bonchev–Trinajstić information content (AvgIpc) is 1.94. The Hall–Kier alpha value is -0.0800. The largest absolute Gasteiger partial charge is 0.393 e. The van der Waals surface area contributed by atoms with E-state index in [9.17, 15) is 5.11 Å². The maximum Gasteiger partial charge on any atom is 0.0600 e. The van der Waals surface area contributed by atoms with Gasteiger partial charge in [0.05, 0.1) is 6.10 Å². The first kappa shape index (κ1) is 14.9. The van der Waals surface area contributed by atoms with E-state index >= 15 is 0 Å². The third-order valence-corrected chi connectivity index (χ3v) is 2.53. The molecule has 0 aromatic carbocycles. The van der Waals surface area contributed by atoms with Crippen molar-refractivity contribution in [2.45, 2.75) is 54.1 Å². The van der Waals surface area contributed by atoms with Crippen LogP contribution in [-0.2, 0) is 0 Å². The molecule has 0 saturated heterocycles. The van der Waals surface area contributed by atoms with Crippen molar-refractivity contribution in [2.24, 2.45) is 10.8 Å². The first-order valence-electron chi connectivity index (χ1n) is 5.89. The Kier molecular flexibility index (Phi) is 5.28. The fourth-order valence-corrected chi connectivity index (χ4v) is 1.66. The number of aliphatic hydroxyl groups is 1. The number of rotatable bonds is 4. The van der Waals surface area contributed by atoms with E-state index in [1.807, 2.05) is 0 Å². The molecule has 0 aliphatic heterocycles. The number of aliphatic hydroxyl groups excluding tert-OH is 1. The highest BCUT2D eigenvalue weighted by atomic mass is 16.3. The highest BCUT2D eigenvalue weighted by Crippen LogP contribution is 2.22. The molecule has 2 nitrogen and oxygen atoms in total. The smallest absolute Gasteiger partial charge is 0.0600 e. The Morgan fingerprint density at radius 3 is 1.87 bits per heavy atom. The molecular formula is C13H29NO. The molecule has 0 amide bonds. The zero-order valence-corrected chi connectivity index (χ0v) is 11.6. The van der Waals surface area contributed by atoms with E-state index in [-0.39, 0.29) is 11.5 Å². The van der Waals surface area contributed by atoms with Crippen molar-refractivity contribution in [2.75, 3.05) is 20.1 Å². The van der Waals surface area contributed by atoms with Gasteiger partial charge in [-0.15, -0.1) is 0 Å². The standard InChI is InChI=1S/C13H29NO/c1-12(2,3)10-14(7)9-8-11(15)13(4,5)6/h11,15H,8-10H2,1-7H3. The molecule has 15 heavy (non-hydrogen) atoms. The van der Waals surface area contributed by atoms with Gasteiger partial charge in [0.1, 0.15) is 0 Å². The Morgan fingerprint density at radius 1 is 1.07 bits per heavy atom. The lowest BCUT2D eigenvalue weighted by Gasteiger charge is -2.30. The normalized spacial score (nSPS) is 15.8. The highest BCUT2D eigenvalue weighted by molar-refractivity contribution is 4.74. The lowest BCUT2D eigenvalue weighted by molar-refractivity contribution is 0.0453. The van der Waals surface area contributed by atoms with Crippen molar-refractivity contribution in [1.29, 1.82) is 0 Å². The molecule has 0 fully saturated rings. The quantitative estimate of drug-likeness (QED) is 0.779. The molecule has 0 radical (unpaired) electrons. The van der Waals surface area contributed by atoms with E-state index in [1.54, 1.807) is 0 Å². The zero-order valence-electron chi connectivity index (χ0n) is 11.6. The minimum absolute atomic E-state index is 0.00255. The van der Waals surface area contributed by atoms with Gasteiger partial charge in [0.25, 0.3) is 0 Å². The minimum Gasteiger partial charge on any atom is -0.393 e. The Bertz CT molecular complexity index is 176. The second kappa shape index (κ2) is 5.31. The van der Waals surface area contributed by atoms with Gasteiger partial charge in [-0.05, 0) is 24.3 Å². The first-order valence-corrected chi connectivity index (χ1v) is 5.89. The van der Waals surface area contributed by atoms with Crippen LogP contribution in [0, 0.1) is 10.8 Å². The van der Waals surface area contributed by atoms with Gasteiger partial charge in [-0.3, -0.25) is 0 Å². The van der Waals surface area contributed by atoms with Crippen LogP contribution in [0.2, 0.25) is 0 Å². The van der Waals surface area contributed by atoms with Crippen LogP contribution in [0.5, 0.6) is 0 Å². The van der Waals surface area contributed by atoms with E-state index in [1.165, 1.54) is 0 Å². The molecule has 0 saturated carbocycles. The topological polar surface area (TPSA) is 23.5 Å². The average molecular weight is 215 g/mol. The lowest BCUT2D eigenvalue weighted by Crippen LogP contribution is -2.34. The Morgan fingerprint density at radius 2 is 1.53 bits per heavy atom. The molecule has 1 atom stereocenters. The van der Waals surface area contributed by atoms with E-state index in [4.69, 9.17) is 0 Å². The van der Waals surface area contributed by atoms with Gasteiger partial charge in [-0.2, -0.15) is 0 Å². The molecule has 0 aromatic rings. The van der Waals surface area contributed by atoms with Crippen LogP contribution in [0.1, 0.15) is 48.0 Å². The van der Waals surface area contributed by atoms with Crippen molar-refractivity contribution in [3.05, 3.63) is 0 Å². The predicted octanol–water partition coefficient (Wildman–Crippen LogP) is 2.76.